The van der Waals surface area contributed by atoms with Gasteiger partial charge < -0.3 is 25.2 Å². The Hall–Kier alpha value is -3.68. The first kappa shape index (κ1) is 26.9. The number of carbonyl (C=O) groups excluding carboxylic acids is 1. The van der Waals surface area contributed by atoms with Crippen molar-refractivity contribution in [2.75, 3.05) is 59.3 Å². The summed E-state index contributed by atoms with van der Waals surface area (Å²) in [6.07, 6.45) is -1.02. The topological polar surface area (TPSA) is 103 Å². The van der Waals surface area contributed by atoms with Crippen molar-refractivity contribution in [3.05, 3.63) is 75.6 Å². The van der Waals surface area contributed by atoms with Crippen molar-refractivity contribution in [2.24, 2.45) is 0 Å². The largest absolute Gasteiger partial charge is 0.442 e. The van der Waals surface area contributed by atoms with Crippen LogP contribution < -0.4 is 25.3 Å². The number of hydrogen-bond donors (Lipinski definition) is 2. The van der Waals surface area contributed by atoms with E-state index in [1.165, 1.54) is 17.0 Å². The summed E-state index contributed by atoms with van der Waals surface area (Å²) in [6, 6.07) is 15.0. The molecular formula is C25H24ClFN6O4S2. The molecule has 2 aliphatic rings. The third kappa shape index (κ3) is 6.32. The molecule has 0 bridgehead atoms. The molecular weight excluding hydrogens is 567 g/mol. The van der Waals surface area contributed by atoms with Crippen LogP contribution in [0.15, 0.2) is 54.6 Å². The molecule has 2 aromatic carbocycles. The Morgan fingerprint density at radius 2 is 1.85 bits per heavy atom. The van der Waals surface area contributed by atoms with E-state index in [4.69, 9.17) is 28.6 Å². The van der Waals surface area contributed by atoms with Crippen LogP contribution in [0.3, 0.4) is 0 Å². The maximum Gasteiger partial charge on any atom is 0.414 e. The second-order valence-corrected chi connectivity index (χ2v) is 10.8. The predicted molar refractivity (Wildman–Crippen MR) is 155 cm³/mol. The zero-order valence-electron chi connectivity index (χ0n) is 20.5. The second kappa shape index (κ2) is 11.6. The van der Waals surface area contributed by atoms with Crippen LogP contribution in [0.1, 0.15) is 0 Å². The lowest BCUT2D eigenvalue weighted by molar-refractivity contribution is -0.380. The predicted octanol–water partition coefficient (Wildman–Crippen LogP) is 5.09. The maximum atomic E-state index is 15.2. The van der Waals surface area contributed by atoms with Crippen LogP contribution in [0.25, 0.3) is 0 Å². The summed E-state index contributed by atoms with van der Waals surface area (Å²) in [5, 5.41) is 19.0. The summed E-state index contributed by atoms with van der Waals surface area (Å²) < 4.78 is 20.6. The molecule has 0 aliphatic carbocycles. The Morgan fingerprint density at radius 1 is 1.13 bits per heavy atom. The molecule has 2 fully saturated rings. The first-order valence-electron chi connectivity index (χ1n) is 12.1. The fourth-order valence-corrected chi connectivity index (χ4v) is 5.63. The molecule has 2 N–H and O–H groups in total. The third-order valence-corrected chi connectivity index (χ3v) is 8.00. The van der Waals surface area contributed by atoms with Crippen LogP contribution in [0.4, 0.5) is 36.2 Å². The SMILES string of the molecule is O=C1O[C@@H](CNC(=S)Nc2ccc(Cl)cc2)CN1c1ccc(N2CCN(c3ccc([N+](=O)[O-])s3)CC2)c(F)c1. The molecule has 14 heteroatoms. The van der Waals surface area contributed by atoms with Gasteiger partial charge in [0.05, 0.1) is 34.4 Å². The highest BCUT2D eigenvalue weighted by Crippen LogP contribution is 2.33. The van der Waals surface area contributed by atoms with E-state index >= 15 is 4.39 Å². The van der Waals surface area contributed by atoms with Crippen LogP contribution in [0.2, 0.25) is 5.02 Å². The molecule has 5 rings (SSSR count). The van der Waals surface area contributed by atoms with Gasteiger partial charge in [-0.1, -0.05) is 11.6 Å². The number of piperazine rings is 1. The smallest absolute Gasteiger partial charge is 0.414 e. The van der Waals surface area contributed by atoms with Gasteiger partial charge in [0.2, 0.25) is 0 Å². The number of ether oxygens (including phenoxy) is 1. The normalized spacial score (nSPS) is 17.2. The molecule has 10 nitrogen and oxygen atoms in total. The van der Waals surface area contributed by atoms with Gasteiger partial charge in [0, 0.05) is 43.0 Å². The van der Waals surface area contributed by atoms with Crippen molar-refractivity contribution < 1.29 is 18.8 Å². The molecule has 0 saturated carbocycles. The van der Waals surface area contributed by atoms with E-state index < -0.39 is 22.9 Å². The number of nitrogens with one attached hydrogen (secondary N) is 2. The maximum absolute atomic E-state index is 15.2. The number of thiophene rings is 1. The molecule has 204 valence electrons. The number of nitrogens with zero attached hydrogens (tertiary/aromatic N) is 4. The first-order valence-corrected chi connectivity index (χ1v) is 13.7. The minimum Gasteiger partial charge on any atom is -0.442 e. The van der Waals surface area contributed by atoms with E-state index in [0.29, 0.717) is 54.2 Å². The minimum absolute atomic E-state index is 0.102. The van der Waals surface area contributed by atoms with Crippen LogP contribution in [-0.2, 0) is 4.74 Å². The van der Waals surface area contributed by atoms with Crippen molar-refractivity contribution in [1.29, 1.82) is 0 Å². The molecule has 3 heterocycles. The number of nitro groups is 1. The zero-order chi connectivity index (χ0) is 27.5. The molecule has 2 aliphatic heterocycles. The van der Waals surface area contributed by atoms with Crippen molar-refractivity contribution in [3.8, 4) is 0 Å². The number of anilines is 4. The fraction of sp³-hybridized carbons (Fsp3) is 0.280. The lowest BCUT2D eigenvalue weighted by Crippen LogP contribution is -2.46. The molecule has 0 spiro atoms. The Kier molecular flexibility index (Phi) is 8.00. The molecule has 1 aromatic heterocycles. The first-order chi connectivity index (χ1) is 18.8. The standard InChI is InChI=1S/C25H24ClFN6O4S2/c26-16-1-3-17(4-2-16)29-24(38)28-14-19-15-32(25(34)37-19)18-5-6-21(20(27)13-18)30-9-11-31(12-10-30)22-7-8-23(39-22)33(35)36/h1-8,13,19H,9-12,14-15H2,(H2,28,29,38)/t19-/m0/s1. The van der Waals surface area contributed by atoms with E-state index in [2.05, 4.69) is 15.5 Å². The minimum atomic E-state index is -0.552. The lowest BCUT2D eigenvalue weighted by Gasteiger charge is -2.36. The van der Waals surface area contributed by atoms with Gasteiger partial charge in [-0.15, -0.1) is 0 Å². The van der Waals surface area contributed by atoms with E-state index in [0.717, 1.165) is 22.0 Å². The molecule has 0 radical (unpaired) electrons. The summed E-state index contributed by atoms with van der Waals surface area (Å²) in [5.74, 6) is -0.435. The van der Waals surface area contributed by atoms with Crippen molar-refractivity contribution in [1.82, 2.24) is 5.32 Å². The molecule has 0 unspecified atom stereocenters. The number of thiocarbonyl (C=S) groups is 1. The Labute approximate surface area is 238 Å². The number of amides is 1. The third-order valence-electron chi connectivity index (χ3n) is 6.40. The van der Waals surface area contributed by atoms with Crippen molar-refractivity contribution >= 4 is 73.4 Å². The van der Waals surface area contributed by atoms with Gasteiger partial charge in [0.15, 0.2) is 5.11 Å². The van der Waals surface area contributed by atoms with Crippen LogP contribution in [-0.4, -0.2) is 61.5 Å². The van der Waals surface area contributed by atoms with Crippen LogP contribution in [0, 0.1) is 15.9 Å². The lowest BCUT2D eigenvalue weighted by atomic mass is 10.2. The Balaban J connectivity index is 1.14. The molecule has 1 atom stereocenters. The average molecular weight is 591 g/mol. The zero-order valence-corrected chi connectivity index (χ0v) is 22.9. The summed E-state index contributed by atoms with van der Waals surface area (Å²) in [6.45, 7) is 2.89. The van der Waals surface area contributed by atoms with E-state index in [1.807, 2.05) is 4.90 Å². The molecule has 39 heavy (non-hydrogen) atoms. The Morgan fingerprint density at radius 3 is 2.51 bits per heavy atom. The highest BCUT2D eigenvalue weighted by molar-refractivity contribution is 7.80. The van der Waals surface area contributed by atoms with E-state index in [9.17, 15) is 14.9 Å². The van der Waals surface area contributed by atoms with Gasteiger partial charge in [0.25, 0.3) is 0 Å². The molecule has 3 aromatic rings. The van der Waals surface area contributed by atoms with Gasteiger partial charge in [-0.25, -0.2) is 9.18 Å². The number of carbonyl (C=O) groups is 1. The highest BCUT2D eigenvalue weighted by Gasteiger charge is 2.33. The monoisotopic (exact) mass is 590 g/mol. The highest BCUT2D eigenvalue weighted by atomic mass is 35.5. The number of halogens is 2. The van der Waals surface area contributed by atoms with Crippen molar-refractivity contribution in [3.63, 3.8) is 0 Å². The van der Waals surface area contributed by atoms with Crippen LogP contribution in [0.5, 0.6) is 0 Å². The Bertz CT molecular complexity index is 1380. The number of benzene rings is 2. The summed E-state index contributed by atoms with van der Waals surface area (Å²) >= 11 is 12.3. The van der Waals surface area contributed by atoms with Crippen molar-refractivity contribution in [2.45, 2.75) is 6.10 Å². The summed E-state index contributed by atoms with van der Waals surface area (Å²) in [4.78, 5) is 28.5. The summed E-state index contributed by atoms with van der Waals surface area (Å²) in [7, 11) is 0. The van der Waals surface area contributed by atoms with Gasteiger partial charge in [-0.2, -0.15) is 0 Å². The van der Waals surface area contributed by atoms with Gasteiger partial charge in [-0.05, 0) is 72.1 Å². The molecule has 2 saturated heterocycles. The van der Waals surface area contributed by atoms with Gasteiger partial charge in [0.1, 0.15) is 11.9 Å². The fourth-order valence-electron chi connectivity index (χ4n) is 4.43. The number of rotatable bonds is 7. The van der Waals surface area contributed by atoms with E-state index in [-0.39, 0.29) is 11.5 Å². The van der Waals surface area contributed by atoms with Gasteiger partial charge >= 0.3 is 11.1 Å². The second-order valence-electron chi connectivity index (χ2n) is 8.94. The quantitative estimate of drug-likeness (QED) is 0.221. The van der Waals surface area contributed by atoms with E-state index in [1.54, 1.807) is 42.5 Å². The molecule has 1 amide bonds. The average Bonchev–Trinajstić information content (AvgIpc) is 3.56. The number of cyclic esters (lactones) is 1. The van der Waals surface area contributed by atoms with Gasteiger partial charge in [-0.3, -0.25) is 15.0 Å². The number of hydrogen-bond acceptors (Lipinski definition) is 8. The van der Waals surface area contributed by atoms with Crippen LogP contribution >= 0.6 is 35.2 Å². The summed E-state index contributed by atoms with van der Waals surface area (Å²) in [5.41, 5.74) is 1.63.